The van der Waals surface area contributed by atoms with Crippen molar-refractivity contribution in [3.63, 3.8) is 0 Å². The highest BCUT2D eigenvalue weighted by Gasteiger charge is 2.42. The van der Waals surface area contributed by atoms with Gasteiger partial charge in [0.05, 0.1) is 0 Å². The average Bonchev–Trinajstić information content (AvgIpc) is 2.38. The molecule has 0 amide bonds. The van der Waals surface area contributed by atoms with Crippen molar-refractivity contribution >= 4 is 5.78 Å². The van der Waals surface area contributed by atoms with Crippen LogP contribution in [-0.2, 0) is 4.74 Å². The summed E-state index contributed by atoms with van der Waals surface area (Å²) in [6.07, 6.45) is 3.97. The van der Waals surface area contributed by atoms with Gasteiger partial charge >= 0.3 is 0 Å². The molecule has 1 aliphatic carbocycles. The monoisotopic (exact) mass is 246 g/mol. The van der Waals surface area contributed by atoms with Crippen LogP contribution in [0.5, 0.6) is 0 Å². The first-order valence-electron chi connectivity index (χ1n) is 6.74. The van der Waals surface area contributed by atoms with Crippen molar-refractivity contribution in [1.29, 1.82) is 0 Å². The predicted octanol–water partition coefficient (Wildman–Crippen LogP) is 3.77. The summed E-state index contributed by atoms with van der Waals surface area (Å²) in [4.78, 5) is 12.7. The van der Waals surface area contributed by atoms with Gasteiger partial charge in [0.25, 0.3) is 0 Å². The van der Waals surface area contributed by atoms with E-state index in [0.717, 1.165) is 24.8 Å². The zero-order chi connectivity index (χ0) is 13.2. The molecule has 1 aliphatic rings. The maximum absolute atomic E-state index is 12.7. The molecular weight excluding hydrogens is 224 g/mol. The zero-order valence-corrected chi connectivity index (χ0v) is 11.5. The molecule has 0 heterocycles. The Balaban J connectivity index is 2.26. The Morgan fingerprint density at radius 1 is 1.33 bits per heavy atom. The van der Waals surface area contributed by atoms with Crippen LogP contribution in [0.3, 0.4) is 0 Å². The summed E-state index contributed by atoms with van der Waals surface area (Å²) < 4.78 is 5.65. The Morgan fingerprint density at radius 3 is 2.56 bits per heavy atom. The first-order valence-corrected chi connectivity index (χ1v) is 6.74. The molecule has 0 aromatic heterocycles. The van der Waals surface area contributed by atoms with Crippen molar-refractivity contribution in [3.05, 3.63) is 35.4 Å². The van der Waals surface area contributed by atoms with E-state index in [1.165, 1.54) is 12.0 Å². The number of hydrogen-bond donors (Lipinski definition) is 0. The van der Waals surface area contributed by atoms with Gasteiger partial charge in [-0.15, -0.1) is 0 Å². The number of carbonyl (C=O) groups is 1. The van der Waals surface area contributed by atoms with Crippen LogP contribution < -0.4 is 0 Å². The van der Waals surface area contributed by atoms with Crippen molar-refractivity contribution in [3.8, 4) is 0 Å². The van der Waals surface area contributed by atoms with Gasteiger partial charge in [-0.2, -0.15) is 0 Å². The minimum Gasteiger partial charge on any atom is -0.370 e. The second-order valence-corrected chi connectivity index (χ2v) is 5.60. The van der Waals surface area contributed by atoms with Crippen LogP contribution in [0.4, 0.5) is 0 Å². The molecule has 2 heteroatoms. The molecule has 18 heavy (non-hydrogen) atoms. The number of Topliss-reactive ketones (excluding diaryl/α,β-unsaturated/α-hetero) is 1. The summed E-state index contributed by atoms with van der Waals surface area (Å²) in [7, 11) is 1.67. The third-order valence-corrected chi connectivity index (χ3v) is 4.07. The van der Waals surface area contributed by atoms with E-state index in [4.69, 9.17) is 4.74 Å². The van der Waals surface area contributed by atoms with Gasteiger partial charge < -0.3 is 4.74 Å². The van der Waals surface area contributed by atoms with Crippen molar-refractivity contribution in [2.75, 3.05) is 7.11 Å². The normalized spacial score (nSPS) is 28.1. The maximum Gasteiger partial charge on any atom is 0.194 e. The van der Waals surface area contributed by atoms with Crippen molar-refractivity contribution in [2.24, 2.45) is 5.92 Å². The van der Waals surface area contributed by atoms with Crippen molar-refractivity contribution in [2.45, 2.75) is 45.1 Å². The number of rotatable bonds is 3. The van der Waals surface area contributed by atoms with Gasteiger partial charge in [-0.05, 0) is 32.1 Å². The largest absolute Gasteiger partial charge is 0.370 e. The van der Waals surface area contributed by atoms with Gasteiger partial charge in [-0.1, -0.05) is 43.2 Å². The molecule has 2 nitrogen and oxygen atoms in total. The lowest BCUT2D eigenvalue weighted by atomic mass is 9.75. The van der Waals surface area contributed by atoms with E-state index >= 15 is 0 Å². The van der Waals surface area contributed by atoms with Crippen LogP contribution in [0, 0.1) is 12.8 Å². The highest BCUT2D eigenvalue weighted by Crippen LogP contribution is 2.37. The van der Waals surface area contributed by atoms with Gasteiger partial charge in [0.1, 0.15) is 5.60 Å². The van der Waals surface area contributed by atoms with E-state index in [1.807, 2.05) is 31.2 Å². The van der Waals surface area contributed by atoms with Crippen molar-refractivity contribution in [1.82, 2.24) is 0 Å². The summed E-state index contributed by atoms with van der Waals surface area (Å²) in [5, 5.41) is 0. The van der Waals surface area contributed by atoms with E-state index < -0.39 is 5.60 Å². The highest BCUT2D eigenvalue weighted by atomic mass is 16.5. The smallest absolute Gasteiger partial charge is 0.194 e. The fraction of sp³-hybridized carbons (Fsp3) is 0.562. The molecule has 0 spiro atoms. The molecule has 2 rings (SSSR count). The number of ketones is 1. The topological polar surface area (TPSA) is 26.3 Å². The lowest BCUT2D eigenvalue weighted by molar-refractivity contribution is -0.0302. The molecule has 98 valence electrons. The zero-order valence-electron chi connectivity index (χ0n) is 11.5. The summed E-state index contributed by atoms with van der Waals surface area (Å²) in [5.41, 5.74) is 1.36. The summed E-state index contributed by atoms with van der Waals surface area (Å²) in [6, 6.07) is 7.81. The molecule has 2 atom stereocenters. The average molecular weight is 246 g/mol. The minimum atomic E-state index is -0.590. The van der Waals surface area contributed by atoms with Crippen LogP contribution in [0.25, 0.3) is 0 Å². The third-order valence-electron chi connectivity index (χ3n) is 4.07. The third kappa shape index (κ3) is 2.49. The SMILES string of the molecule is COC1(C(=O)c2ccc(C)cc2)CCCC(C)C1. The lowest BCUT2D eigenvalue weighted by Crippen LogP contribution is -2.44. The fourth-order valence-corrected chi connectivity index (χ4v) is 2.96. The van der Waals surface area contributed by atoms with E-state index in [0.29, 0.717) is 5.92 Å². The Hall–Kier alpha value is -1.15. The molecule has 0 saturated heterocycles. The Bertz CT molecular complexity index is 421. The first kappa shape index (κ1) is 13.3. The van der Waals surface area contributed by atoms with Crippen molar-refractivity contribution < 1.29 is 9.53 Å². The Morgan fingerprint density at radius 2 is 2.00 bits per heavy atom. The van der Waals surface area contributed by atoms with Gasteiger partial charge in [0, 0.05) is 12.7 Å². The molecule has 0 bridgehead atoms. The van der Waals surface area contributed by atoms with E-state index in [9.17, 15) is 4.79 Å². The molecule has 1 fully saturated rings. The second-order valence-electron chi connectivity index (χ2n) is 5.60. The summed E-state index contributed by atoms with van der Waals surface area (Å²) >= 11 is 0. The first-order chi connectivity index (χ1) is 8.57. The molecule has 0 N–H and O–H groups in total. The molecule has 1 aromatic carbocycles. The number of methoxy groups -OCH3 is 1. The minimum absolute atomic E-state index is 0.150. The number of aryl methyl sites for hydroxylation is 1. The molecule has 0 aliphatic heterocycles. The Kier molecular flexibility index (Phi) is 3.86. The Labute approximate surface area is 109 Å². The van der Waals surface area contributed by atoms with Crippen LogP contribution in [0.1, 0.15) is 48.5 Å². The second kappa shape index (κ2) is 5.23. The number of hydrogen-bond acceptors (Lipinski definition) is 2. The van der Waals surface area contributed by atoms with Crippen LogP contribution in [0.15, 0.2) is 24.3 Å². The van der Waals surface area contributed by atoms with Crippen LogP contribution >= 0.6 is 0 Å². The van der Waals surface area contributed by atoms with Gasteiger partial charge in [-0.25, -0.2) is 0 Å². The predicted molar refractivity (Wildman–Crippen MR) is 72.9 cm³/mol. The lowest BCUT2D eigenvalue weighted by Gasteiger charge is -2.37. The summed E-state index contributed by atoms with van der Waals surface area (Å²) in [5.74, 6) is 0.713. The number of benzene rings is 1. The number of ether oxygens (including phenoxy) is 1. The standard InChI is InChI=1S/C16H22O2/c1-12-6-8-14(9-7-12)15(17)16(18-3)10-4-5-13(2)11-16/h6-9,13H,4-5,10-11H2,1-3H3. The quantitative estimate of drug-likeness (QED) is 0.759. The van der Waals surface area contributed by atoms with Crippen LogP contribution in [-0.4, -0.2) is 18.5 Å². The fourth-order valence-electron chi connectivity index (χ4n) is 2.96. The maximum atomic E-state index is 12.7. The molecular formula is C16H22O2. The molecule has 0 radical (unpaired) electrons. The highest BCUT2D eigenvalue weighted by molar-refractivity contribution is 6.02. The summed E-state index contributed by atoms with van der Waals surface area (Å²) in [6.45, 7) is 4.23. The van der Waals surface area contributed by atoms with Gasteiger partial charge in [-0.3, -0.25) is 4.79 Å². The number of carbonyl (C=O) groups excluding carboxylic acids is 1. The molecule has 2 unspecified atom stereocenters. The van der Waals surface area contributed by atoms with Gasteiger partial charge in [0.2, 0.25) is 0 Å². The van der Waals surface area contributed by atoms with E-state index in [2.05, 4.69) is 6.92 Å². The van der Waals surface area contributed by atoms with Crippen LogP contribution in [0.2, 0.25) is 0 Å². The van der Waals surface area contributed by atoms with E-state index in [-0.39, 0.29) is 5.78 Å². The molecule has 1 aromatic rings. The van der Waals surface area contributed by atoms with E-state index in [1.54, 1.807) is 7.11 Å². The molecule has 1 saturated carbocycles. The van der Waals surface area contributed by atoms with Gasteiger partial charge in [0.15, 0.2) is 5.78 Å².